The van der Waals surface area contributed by atoms with E-state index in [2.05, 4.69) is 118 Å². The Morgan fingerprint density at radius 1 is 0.267 bits per heavy atom. The maximum absolute atomic E-state index is 12.9. The molecule has 0 saturated heterocycles. The fourth-order valence-corrected chi connectivity index (χ4v) is 8.76. The van der Waals surface area contributed by atoms with E-state index in [1.165, 1.54) is 154 Å². The Morgan fingerprint density at radius 2 is 0.480 bits per heavy atom. The summed E-state index contributed by atoms with van der Waals surface area (Å²) in [5.41, 5.74) is 0. The number of rotatable bonds is 57. The van der Waals surface area contributed by atoms with E-state index in [-0.39, 0.29) is 37.5 Å². The number of hydrogen-bond acceptors (Lipinski definition) is 6. The van der Waals surface area contributed by atoms with Crippen molar-refractivity contribution in [1.29, 1.82) is 0 Å². The zero-order valence-corrected chi connectivity index (χ0v) is 49.3. The summed E-state index contributed by atoms with van der Waals surface area (Å²) in [6.45, 7) is 6.56. The highest BCUT2D eigenvalue weighted by Gasteiger charge is 2.19. The first-order valence-corrected chi connectivity index (χ1v) is 31.7. The second-order valence-corrected chi connectivity index (χ2v) is 21.0. The summed E-state index contributed by atoms with van der Waals surface area (Å²) < 4.78 is 16.9. The lowest BCUT2D eigenvalue weighted by Crippen LogP contribution is -2.30. The number of allylic oxidation sites excluding steroid dienone is 16. The Morgan fingerprint density at radius 3 is 0.773 bits per heavy atom. The van der Waals surface area contributed by atoms with Crippen molar-refractivity contribution < 1.29 is 28.6 Å². The maximum Gasteiger partial charge on any atom is 0.306 e. The van der Waals surface area contributed by atoms with Crippen molar-refractivity contribution in [3.05, 3.63) is 97.2 Å². The molecule has 0 heterocycles. The highest BCUT2D eigenvalue weighted by atomic mass is 16.6. The van der Waals surface area contributed by atoms with Crippen LogP contribution in [0.5, 0.6) is 0 Å². The lowest BCUT2D eigenvalue weighted by Gasteiger charge is -2.18. The number of carbonyl (C=O) groups excluding carboxylic acids is 3. The standard InChI is InChI=1S/C69H118O6/c1-4-7-10-13-16-19-22-25-28-31-34-37-40-43-46-49-52-55-58-61-67(70)73-64-66(75-69(72)63-60-57-54-51-48-45-42-39-36-33-30-27-24-21-18-15-12-9-6-3)65-74-68(71)62-59-56-53-50-47-44-41-38-35-32-29-26-23-20-17-14-11-8-5-2/h16,18-19,21,25,27-28,30,34,36-37,39,43,45-46,48,66H,4-15,17,20,22-24,26,29,31-33,35,38,40-42,44,47,49-65H2,1-3H3/b19-16-,21-18-,28-25-,30-27-,37-34-,39-36-,46-43-,48-45-/t66-/m0/s1. The van der Waals surface area contributed by atoms with Gasteiger partial charge < -0.3 is 14.2 Å². The fraction of sp³-hybridized carbons (Fsp3) is 0.725. The van der Waals surface area contributed by atoms with Crippen LogP contribution in [0.3, 0.4) is 0 Å². The quantitative estimate of drug-likeness (QED) is 0.0261. The van der Waals surface area contributed by atoms with Crippen molar-refractivity contribution in [3.63, 3.8) is 0 Å². The Hall–Kier alpha value is -3.67. The molecule has 0 saturated carbocycles. The van der Waals surface area contributed by atoms with Gasteiger partial charge in [0.05, 0.1) is 0 Å². The molecule has 0 aliphatic heterocycles. The van der Waals surface area contributed by atoms with Crippen molar-refractivity contribution in [2.24, 2.45) is 0 Å². The van der Waals surface area contributed by atoms with E-state index in [9.17, 15) is 14.4 Å². The normalized spacial score (nSPS) is 12.7. The van der Waals surface area contributed by atoms with Crippen LogP contribution in [-0.2, 0) is 28.6 Å². The molecule has 0 radical (unpaired) electrons. The summed E-state index contributed by atoms with van der Waals surface area (Å²) in [7, 11) is 0. The number of carbonyl (C=O) groups is 3. The number of ether oxygens (including phenoxy) is 3. The van der Waals surface area contributed by atoms with Crippen LogP contribution in [0.2, 0.25) is 0 Å². The summed E-state index contributed by atoms with van der Waals surface area (Å²) >= 11 is 0. The van der Waals surface area contributed by atoms with Crippen LogP contribution in [0.1, 0.15) is 303 Å². The second-order valence-electron chi connectivity index (χ2n) is 21.0. The average Bonchev–Trinajstić information content (AvgIpc) is 3.41. The molecular weight excluding hydrogens is 925 g/mol. The van der Waals surface area contributed by atoms with Crippen LogP contribution >= 0.6 is 0 Å². The highest BCUT2D eigenvalue weighted by Crippen LogP contribution is 2.16. The zero-order valence-electron chi connectivity index (χ0n) is 49.3. The van der Waals surface area contributed by atoms with Crippen LogP contribution in [0, 0.1) is 0 Å². The summed E-state index contributed by atoms with van der Waals surface area (Å²) in [5, 5.41) is 0. The SMILES string of the molecule is CCCCC/C=C\C/C=C\C/C=C\C/C=C\CCCCCC(=O)OC[C@@H](COC(=O)CCCCCCCCCCCCCCCCCCCCC)OC(=O)CCCCC/C=C\C/C=C\C/C=C\C/C=C\CCCCC. The van der Waals surface area contributed by atoms with Crippen molar-refractivity contribution in [1.82, 2.24) is 0 Å². The molecular formula is C69H118O6. The van der Waals surface area contributed by atoms with Gasteiger partial charge in [-0.3, -0.25) is 14.4 Å². The molecule has 0 spiro atoms. The van der Waals surface area contributed by atoms with Crippen LogP contribution in [0.25, 0.3) is 0 Å². The predicted octanol–water partition coefficient (Wildman–Crippen LogP) is 21.7. The molecule has 1 atom stereocenters. The molecule has 0 bridgehead atoms. The lowest BCUT2D eigenvalue weighted by atomic mass is 10.0. The molecule has 75 heavy (non-hydrogen) atoms. The van der Waals surface area contributed by atoms with Gasteiger partial charge in [-0.2, -0.15) is 0 Å². The van der Waals surface area contributed by atoms with Crippen molar-refractivity contribution in [3.8, 4) is 0 Å². The molecule has 430 valence electrons. The third kappa shape index (κ3) is 61.1. The summed E-state index contributed by atoms with van der Waals surface area (Å²) in [4.78, 5) is 38.3. The molecule has 0 aliphatic rings. The summed E-state index contributed by atoms with van der Waals surface area (Å²) in [6, 6.07) is 0. The van der Waals surface area contributed by atoms with E-state index in [0.717, 1.165) is 109 Å². The van der Waals surface area contributed by atoms with Gasteiger partial charge in [0.2, 0.25) is 0 Å². The van der Waals surface area contributed by atoms with Gasteiger partial charge in [-0.15, -0.1) is 0 Å². The first kappa shape index (κ1) is 71.3. The van der Waals surface area contributed by atoms with Gasteiger partial charge in [0, 0.05) is 19.3 Å². The molecule has 0 rings (SSSR count). The van der Waals surface area contributed by atoms with Gasteiger partial charge >= 0.3 is 17.9 Å². The number of unbranched alkanes of at least 4 members (excludes halogenated alkanes) is 30. The average molecular weight is 1040 g/mol. The highest BCUT2D eigenvalue weighted by molar-refractivity contribution is 5.71. The zero-order chi connectivity index (χ0) is 54.3. The molecule has 6 heteroatoms. The van der Waals surface area contributed by atoms with Crippen LogP contribution in [-0.4, -0.2) is 37.2 Å². The number of hydrogen-bond donors (Lipinski definition) is 0. The molecule has 6 nitrogen and oxygen atoms in total. The van der Waals surface area contributed by atoms with Gasteiger partial charge in [0.25, 0.3) is 0 Å². The van der Waals surface area contributed by atoms with E-state index in [4.69, 9.17) is 14.2 Å². The Bertz CT molecular complexity index is 1480. The molecule has 0 aliphatic carbocycles. The van der Waals surface area contributed by atoms with E-state index in [1.807, 2.05) is 0 Å². The minimum atomic E-state index is -0.809. The van der Waals surface area contributed by atoms with E-state index in [0.29, 0.717) is 12.8 Å². The fourth-order valence-electron chi connectivity index (χ4n) is 8.76. The molecule has 0 N–H and O–H groups in total. The van der Waals surface area contributed by atoms with Crippen molar-refractivity contribution in [2.75, 3.05) is 13.2 Å². The van der Waals surface area contributed by atoms with E-state index < -0.39 is 6.10 Å². The Balaban J connectivity index is 4.49. The lowest BCUT2D eigenvalue weighted by molar-refractivity contribution is -0.167. The maximum atomic E-state index is 12.9. The molecule has 0 amide bonds. The minimum absolute atomic E-state index is 0.0991. The molecule has 0 aromatic carbocycles. The second kappa shape index (κ2) is 62.9. The van der Waals surface area contributed by atoms with Crippen LogP contribution < -0.4 is 0 Å². The first-order valence-electron chi connectivity index (χ1n) is 31.7. The monoisotopic (exact) mass is 1040 g/mol. The molecule has 0 aromatic rings. The topological polar surface area (TPSA) is 78.9 Å². The smallest absolute Gasteiger partial charge is 0.306 e. The van der Waals surface area contributed by atoms with Crippen LogP contribution in [0.15, 0.2) is 97.2 Å². The van der Waals surface area contributed by atoms with Gasteiger partial charge in [-0.25, -0.2) is 0 Å². The van der Waals surface area contributed by atoms with Gasteiger partial charge in [-0.05, 0) is 109 Å². The molecule has 0 aromatic heterocycles. The van der Waals surface area contributed by atoms with Gasteiger partial charge in [-0.1, -0.05) is 272 Å². The third-order valence-electron chi connectivity index (χ3n) is 13.6. The van der Waals surface area contributed by atoms with Crippen molar-refractivity contribution in [2.45, 2.75) is 309 Å². The van der Waals surface area contributed by atoms with Crippen LogP contribution in [0.4, 0.5) is 0 Å². The first-order chi connectivity index (χ1) is 37.0. The minimum Gasteiger partial charge on any atom is -0.462 e. The van der Waals surface area contributed by atoms with E-state index >= 15 is 0 Å². The Kier molecular flexibility index (Phi) is 59.8. The van der Waals surface area contributed by atoms with E-state index in [1.54, 1.807) is 0 Å². The Labute approximate surface area is 464 Å². The molecule has 0 fully saturated rings. The summed E-state index contributed by atoms with van der Waals surface area (Å²) in [5.74, 6) is -0.952. The predicted molar refractivity (Wildman–Crippen MR) is 325 cm³/mol. The van der Waals surface area contributed by atoms with Gasteiger partial charge in [0.1, 0.15) is 13.2 Å². The van der Waals surface area contributed by atoms with Gasteiger partial charge in [0.15, 0.2) is 6.10 Å². The largest absolute Gasteiger partial charge is 0.462 e. The molecule has 0 unspecified atom stereocenters. The number of esters is 3. The van der Waals surface area contributed by atoms with Crippen molar-refractivity contribution >= 4 is 17.9 Å². The summed E-state index contributed by atoms with van der Waals surface area (Å²) in [6.07, 6.45) is 84.0. The third-order valence-corrected chi connectivity index (χ3v) is 13.6.